The Kier molecular flexibility index (Phi) is 10.1. The second-order valence-electron chi connectivity index (χ2n) is 9.19. The second kappa shape index (κ2) is 14.1. The third-order valence-electron chi connectivity index (χ3n) is 6.35. The number of ether oxygens (including phenoxy) is 2. The van der Waals surface area contributed by atoms with Crippen molar-refractivity contribution in [1.82, 2.24) is 5.32 Å². The van der Waals surface area contributed by atoms with Crippen molar-refractivity contribution >= 4 is 29.4 Å². The van der Waals surface area contributed by atoms with Crippen LogP contribution in [0.5, 0.6) is 0 Å². The second-order valence-corrected chi connectivity index (χ2v) is 9.76. The number of benzene rings is 4. The maximum absolute atomic E-state index is 13.8. The lowest BCUT2D eigenvalue weighted by atomic mass is 9.89. The van der Waals surface area contributed by atoms with Crippen LogP contribution in [0, 0.1) is 0 Å². The van der Waals surface area contributed by atoms with E-state index in [1.54, 1.807) is 48.5 Å². The lowest BCUT2D eigenvalue weighted by Crippen LogP contribution is -2.49. The fourth-order valence-electron chi connectivity index (χ4n) is 4.17. The van der Waals surface area contributed by atoms with Crippen molar-refractivity contribution in [3.63, 3.8) is 0 Å². The van der Waals surface area contributed by atoms with E-state index in [4.69, 9.17) is 21.1 Å². The van der Waals surface area contributed by atoms with E-state index in [0.29, 0.717) is 11.1 Å². The molecule has 0 fully saturated rings. The highest BCUT2D eigenvalue weighted by atomic mass is 35.5. The van der Waals surface area contributed by atoms with Crippen molar-refractivity contribution in [2.75, 3.05) is 0 Å². The van der Waals surface area contributed by atoms with Gasteiger partial charge in [-0.2, -0.15) is 0 Å². The Hall–Kier alpha value is -4.42. The minimum atomic E-state index is -1.62. The fraction of sp³-hybridized carbons (Fsp3) is 0.182. The molecule has 0 aliphatic heterocycles. The summed E-state index contributed by atoms with van der Waals surface area (Å²) in [5, 5.41) is 2.77. The molecule has 1 atom stereocenters. The highest BCUT2D eigenvalue weighted by Crippen LogP contribution is 2.37. The Balaban J connectivity index is 1.51. The zero-order valence-corrected chi connectivity index (χ0v) is 22.6. The van der Waals surface area contributed by atoms with Crippen LogP contribution in [0.3, 0.4) is 0 Å². The van der Waals surface area contributed by atoms with Crippen LogP contribution in [0.25, 0.3) is 0 Å². The van der Waals surface area contributed by atoms with Crippen molar-refractivity contribution < 1.29 is 23.9 Å². The molecule has 0 bridgehead atoms. The van der Waals surface area contributed by atoms with E-state index in [-0.39, 0.29) is 26.1 Å². The third kappa shape index (κ3) is 7.58. The van der Waals surface area contributed by atoms with Crippen LogP contribution in [-0.2, 0) is 41.9 Å². The monoisotopic (exact) mass is 555 g/mol. The van der Waals surface area contributed by atoms with E-state index < -0.39 is 28.8 Å². The Morgan fingerprint density at radius 3 is 1.55 bits per heavy atom. The molecule has 6 nitrogen and oxygen atoms in total. The zero-order chi connectivity index (χ0) is 28.2. The van der Waals surface area contributed by atoms with Crippen LogP contribution in [0.15, 0.2) is 121 Å². The quantitative estimate of drug-likeness (QED) is 0.173. The molecule has 4 rings (SSSR count). The first-order valence-electron chi connectivity index (χ1n) is 13.0. The van der Waals surface area contributed by atoms with E-state index in [0.717, 1.165) is 11.1 Å². The lowest BCUT2D eigenvalue weighted by molar-refractivity contribution is -0.150. The van der Waals surface area contributed by atoms with Gasteiger partial charge < -0.3 is 14.8 Å². The first-order valence-corrected chi connectivity index (χ1v) is 13.4. The number of carbonyl (C=O) groups is 3. The minimum Gasteiger partial charge on any atom is -0.461 e. The van der Waals surface area contributed by atoms with Gasteiger partial charge in [-0.25, -0.2) is 4.79 Å². The fourth-order valence-corrected chi connectivity index (χ4v) is 4.48. The summed E-state index contributed by atoms with van der Waals surface area (Å²) in [7, 11) is 0. The molecule has 40 heavy (non-hydrogen) atoms. The average Bonchev–Trinajstić information content (AvgIpc) is 3.02. The van der Waals surface area contributed by atoms with Crippen LogP contribution >= 0.6 is 11.6 Å². The Bertz CT molecular complexity index is 1340. The highest BCUT2D eigenvalue weighted by Gasteiger charge is 2.42. The number of halogens is 1. The van der Waals surface area contributed by atoms with Gasteiger partial charge in [0.2, 0.25) is 0 Å². The third-order valence-corrected chi connectivity index (χ3v) is 6.96. The molecule has 0 aromatic heterocycles. The summed E-state index contributed by atoms with van der Waals surface area (Å²) in [4.78, 5) is 38.0. The van der Waals surface area contributed by atoms with Crippen LogP contribution in [-0.4, -0.2) is 23.9 Å². The molecule has 4 aromatic carbocycles. The molecule has 204 valence electrons. The summed E-state index contributed by atoms with van der Waals surface area (Å²) in [6, 6.07) is 35.2. The molecule has 4 aromatic rings. The standard InChI is InChI=1S/C33H30ClNO5/c34-33(27-17-9-3-10-18-27,28-19-11-4-12-20-28)32(38)35-29(31(37)40-24-26-15-7-2-8-16-26)21-22-30(36)39-23-25-13-5-1-6-14-25/h1-20,29H,21-24H2,(H,35,38). The van der Waals surface area contributed by atoms with Crippen LogP contribution < -0.4 is 5.32 Å². The van der Waals surface area contributed by atoms with Gasteiger partial charge in [-0.3, -0.25) is 9.59 Å². The van der Waals surface area contributed by atoms with Gasteiger partial charge in [0, 0.05) is 6.42 Å². The SMILES string of the molecule is O=C(CCC(NC(=O)C(Cl)(c1ccccc1)c1ccccc1)C(=O)OCc1ccccc1)OCc1ccccc1. The Morgan fingerprint density at radius 2 is 1.07 bits per heavy atom. The van der Waals surface area contributed by atoms with E-state index in [1.807, 2.05) is 72.8 Å². The number of carbonyl (C=O) groups excluding carboxylic acids is 3. The molecule has 0 aliphatic rings. The number of rotatable bonds is 12. The molecule has 0 spiro atoms. The summed E-state index contributed by atoms with van der Waals surface area (Å²) in [5.41, 5.74) is 2.72. The van der Waals surface area contributed by atoms with Crippen molar-refractivity contribution in [3.05, 3.63) is 144 Å². The maximum atomic E-state index is 13.8. The number of hydrogen-bond acceptors (Lipinski definition) is 5. The van der Waals surface area contributed by atoms with Crippen molar-refractivity contribution in [1.29, 1.82) is 0 Å². The number of alkyl halides is 1. The van der Waals surface area contributed by atoms with Gasteiger partial charge in [0.25, 0.3) is 5.91 Å². The molecule has 1 N–H and O–H groups in total. The molecular formula is C33H30ClNO5. The number of hydrogen-bond donors (Lipinski definition) is 1. The molecule has 0 heterocycles. The molecule has 7 heteroatoms. The molecule has 1 unspecified atom stereocenters. The minimum absolute atomic E-state index is 0.0217. The van der Waals surface area contributed by atoms with E-state index in [2.05, 4.69) is 5.32 Å². The van der Waals surface area contributed by atoms with Gasteiger partial charge in [0.1, 0.15) is 19.3 Å². The maximum Gasteiger partial charge on any atom is 0.328 e. The summed E-state index contributed by atoms with van der Waals surface area (Å²) < 4.78 is 10.9. The predicted octanol–water partition coefficient (Wildman–Crippen LogP) is 5.92. The normalized spacial score (nSPS) is 11.7. The van der Waals surface area contributed by atoms with Gasteiger partial charge >= 0.3 is 11.9 Å². The number of nitrogens with one attached hydrogen (secondary N) is 1. The van der Waals surface area contributed by atoms with Gasteiger partial charge in [-0.1, -0.05) is 133 Å². The van der Waals surface area contributed by atoms with Crippen LogP contribution in [0.1, 0.15) is 35.1 Å². The first kappa shape index (κ1) is 28.6. The van der Waals surface area contributed by atoms with E-state index in [9.17, 15) is 14.4 Å². The molecule has 0 saturated carbocycles. The number of esters is 2. The van der Waals surface area contributed by atoms with Crippen molar-refractivity contribution in [2.24, 2.45) is 0 Å². The topological polar surface area (TPSA) is 81.7 Å². The van der Waals surface area contributed by atoms with Gasteiger partial charge in [0.15, 0.2) is 4.87 Å². The van der Waals surface area contributed by atoms with Crippen LogP contribution in [0.4, 0.5) is 0 Å². The predicted molar refractivity (Wildman–Crippen MR) is 153 cm³/mol. The highest BCUT2D eigenvalue weighted by molar-refractivity contribution is 6.37. The summed E-state index contributed by atoms with van der Waals surface area (Å²) >= 11 is 7.09. The summed E-state index contributed by atoms with van der Waals surface area (Å²) in [6.45, 7) is 0.135. The average molecular weight is 556 g/mol. The smallest absolute Gasteiger partial charge is 0.328 e. The zero-order valence-electron chi connectivity index (χ0n) is 21.9. The van der Waals surface area contributed by atoms with Crippen molar-refractivity contribution in [3.8, 4) is 0 Å². The Morgan fingerprint density at radius 1 is 0.650 bits per heavy atom. The van der Waals surface area contributed by atoms with Gasteiger partial charge in [-0.15, -0.1) is 0 Å². The van der Waals surface area contributed by atoms with Gasteiger partial charge in [-0.05, 0) is 28.7 Å². The largest absolute Gasteiger partial charge is 0.461 e. The Labute approximate surface area is 238 Å². The summed E-state index contributed by atoms with van der Waals surface area (Å²) in [6.07, 6.45) is -0.131. The number of amides is 1. The van der Waals surface area contributed by atoms with E-state index in [1.165, 1.54) is 0 Å². The molecular weight excluding hydrogens is 526 g/mol. The first-order chi connectivity index (χ1) is 19.5. The summed E-state index contributed by atoms with van der Waals surface area (Å²) in [5.74, 6) is -1.78. The molecule has 0 aliphatic carbocycles. The van der Waals surface area contributed by atoms with Gasteiger partial charge in [0.05, 0.1) is 0 Å². The molecule has 1 amide bonds. The molecule has 0 radical (unpaired) electrons. The molecule has 0 saturated heterocycles. The van der Waals surface area contributed by atoms with Crippen molar-refractivity contribution in [2.45, 2.75) is 37.0 Å². The van der Waals surface area contributed by atoms with Crippen LogP contribution in [0.2, 0.25) is 0 Å². The van der Waals surface area contributed by atoms with E-state index >= 15 is 0 Å². The lowest BCUT2D eigenvalue weighted by Gasteiger charge is -2.29.